The second-order valence-corrected chi connectivity index (χ2v) is 14.9. The minimum absolute atomic E-state index is 0. The molecule has 10 aromatic rings. The Bertz CT molecular complexity index is 3210. The van der Waals surface area contributed by atoms with Crippen molar-refractivity contribution in [1.29, 1.82) is 0 Å². The summed E-state index contributed by atoms with van der Waals surface area (Å²) in [7, 11) is 0. The summed E-state index contributed by atoms with van der Waals surface area (Å²) in [6, 6.07) is 52.1. The summed E-state index contributed by atoms with van der Waals surface area (Å²) in [4.78, 5) is 10.4. The normalized spacial score (nSPS) is 13.1. The van der Waals surface area contributed by atoms with Crippen molar-refractivity contribution in [3.8, 4) is 39.8 Å². The van der Waals surface area contributed by atoms with Gasteiger partial charge in [0.25, 0.3) is 0 Å². The van der Waals surface area contributed by atoms with Gasteiger partial charge in [0.15, 0.2) is 0 Å². The number of benzene rings is 6. The van der Waals surface area contributed by atoms with E-state index in [1.807, 2.05) is 24.4 Å². The van der Waals surface area contributed by atoms with Crippen LogP contribution in [0.1, 0.15) is 36.1 Å². The van der Waals surface area contributed by atoms with Gasteiger partial charge in [-0.1, -0.05) is 127 Å². The molecule has 0 fully saturated rings. The Balaban J connectivity index is 0.00000372. The monoisotopic (exact) mass is 889 g/mol. The van der Waals surface area contributed by atoms with E-state index in [4.69, 9.17) is 14.7 Å². The Morgan fingerprint density at radius 2 is 1.29 bits per heavy atom. The number of ether oxygens (including phenoxy) is 1. The third kappa shape index (κ3) is 4.76. The number of fused-ring (bicyclic) bond motifs is 11. The second-order valence-electron chi connectivity index (χ2n) is 14.9. The number of pyridine rings is 2. The van der Waals surface area contributed by atoms with Gasteiger partial charge in [0.1, 0.15) is 5.82 Å². The van der Waals surface area contributed by atoms with Crippen LogP contribution >= 0.6 is 0 Å². The molecule has 0 N–H and O–H groups in total. The van der Waals surface area contributed by atoms with Crippen molar-refractivity contribution in [3.05, 3.63) is 168 Å². The van der Waals surface area contributed by atoms with E-state index in [0.29, 0.717) is 11.5 Å². The average molecular weight is 890 g/mol. The van der Waals surface area contributed by atoms with E-state index in [-0.39, 0.29) is 26.5 Å². The van der Waals surface area contributed by atoms with Gasteiger partial charge in [0.05, 0.1) is 17.0 Å². The predicted octanol–water partition coefficient (Wildman–Crippen LogP) is 12.1. The van der Waals surface area contributed by atoms with E-state index >= 15 is 0 Å². The van der Waals surface area contributed by atoms with Crippen LogP contribution in [0.5, 0.6) is 11.5 Å². The summed E-state index contributed by atoms with van der Waals surface area (Å²) < 4.78 is 11.3. The molecule has 0 atom stereocenters. The van der Waals surface area contributed by atoms with Gasteiger partial charge in [-0.2, -0.15) is 6.07 Å². The minimum Gasteiger partial charge on any atom is -0.503 e. The van der Waals surface area contributed by atoms with Crippen molar-refractivity contribution in [3.63, 3.8) is 0 Å². The Kier molecular flexibility index (Phi) is 7.46. The number of nitrogens with zero attached hydrogens (tertiary/aromatic N) is 4. The average Bonchev–Trinajstić information content (AvgIpc) is 3.75. The minimum atomic E-state index is -0.187. The number of aryl methyl sites for hydroxylation is 2. The van der Waals surface area contributed by atoms with Crippen molar-refractivity contribution in [2.24, 2.45) is 0 Å². The van der Waals surface area contributed by atoms with Crippen molar-refractivity contribution in [2.45, 2.75) is 33.1 Å². The van der Waals surface area contributed by atoms with Gasteiger partial charge < -0.3 is 13.7 Å². The van der Waals surface area contributed by atoms with E-state index < -0.39 is 0 Å². The first kappa shape index (κ1) is 33.5. The van der Waals surface area contributed by atoms with Crippen molar-refractivity contribution in [1.82, 2.24) is 18.9 Å². The van der Waals surface area contributed by atoms with E-state index in [1.54, 1.807) is 0 Å². The van der Waals surface area contributed by atoms with Crippen LogP contribution in [0.25, 0.3) is 77.5 Å². The number of aromatic nitrogens is 4. The van der Waals surface area contributed by atoms with Crippen molar-refractivity contribution in [2.75, 3.05) is 0 Å². The standard InChI is InChI=1S/C49H34N4O.Pt/c1-29-13-5-7-15-33(29)44-46(34-16-8-6-14-30(34)2)52-42-21-10-9-17-36(42)35-24-22-31(27-39(35)47(52)51-44)54-32-23-25-37-38-18-11-19-40-45(38)53(43(37)28-32)48-41(49(40,3)4)20-12-26-50-48;/h5-26H,1-4H3;/q-2;+2. The molecule has 0 saturated carbocycles. The number of hydrogen-bond acceptors (Lipinski definition) is 3. The quantitative estimate of drug-likeness (QED) is 0.131. The fraction of sp³-hybridized carbons (Fsp3) is 0.102. The van der Waals surface area contributed by atoms with E-state index in [1.165, 1.54) is 33.2 Å². The third-order valence-electron chi connectivity index (χ3n) is 11.5. The molecule has 0 bridgehead atoms. The molecule has 0 unspecified atom stereocenters. The molecule has 4 aromatic heterocycles. The molecular weight excluding hydrogens is 856 g/mol. The maximum Gasteiger partial charge on any atom is 2.00 e. The van der Waals surface area contributed by atoms with Gasteiger partial charge in [0.2, 0.25) is 0 Å². The SMILES string of the molecule is Cc1ccccc1-c1nc2c3[c-]c(Oc4[c-]c5c(cc4)c4cccc6c4n5-c4ncccc4C6(C)C)ccc3c3ccccc3n2c1-c1ccccc1C.[Pt+2]. The number of hydrogen-bond donors (Lipinski definition) is 0. The predicted molar refractivity (Wildman–Crippen MR) is 219 cm³/mol. The van der Waals surface area contributed by atoms with Crippen LogP contribution in [0.15, 0.2) is 134 Å². The van der Waals surface area contributed by atoms with Gasteiger partial charge in [-0.3, -0.25) is 4.98 Å². The van der Waals surface area contributed by atoms with Gasteiger partial charge in [-0.25, -0.2) is 4.98 Å². The van der Waals surface area contributed by atoms with Crippen molar-refractivity contribution < 1.29 is 25.8 Å². The first-order valence-electron chi connectivity index (χ1n) is 18.4. The summed E-state index contributed by atoms with van der Waals surface area (Å²) in [5.74, 6) is 2.15. The molecule has 1 aliphatic heterocycles. The summed E-state index contributed by atoms with van der Waals surface area (Å²) in [6.45, 7) is 8.89. The molecule has 0 radical (unpaired) electrons. The molecule has 0 amide bonds. The molecule has 5 heterocycles. The van der Waals surface area contributed by atoms with Crippen LogP contribution in [0.2, 0.25) is 0 Å². The first-order valence-corrected chi connectivity index (χ1v) is 18.4. The fourth-order valence-electron chi connectivity index (χ4n) is 8.84. The second kappa shape index (κ2) is 12.2. The number of rotatable bonds is 4. The summed E-state index contributed by atoms with van der Waals surface area (Å²) >= 11 is 0. The number of para-hydroxylation sites is 2. The Hall–Kier alpha value is -6.03. The molecule has 5 nitrogen and oxygen atoms in total. The van der Waals surface area contributed by atoms with E-state index in [9.17, 15) is 0 Å². The molecule has 55 heavy (non-hydrogen) atoms. The van der Waals surface area contributed by atoms with E-state index in [0.717, 1.165) is 66.6 Å². The van der Waals surface area contributed by atoms with Crippen LogP contribution in [-0.4, -0.2) is 18.9 Å². The van der Waals surface area contributed by atoms with Gasteiger partial charge in [-0.05, 0) is 53.4 Å². The zero-order valence-electron chi connectivity index (χ0n) is 30.7. The molecule has 0 saturated heterocycles. The summed E-state index contributed by atoms with van der Waals surface area (Å²) in [5, 5.41) is 5.41. The van der Waals surface area contributed by atoms with Gasteiger partial charge in [0, 0.05) is 50.8 Å². The number of imidazole rings is 1. The maximum absolute atomic E-state index is 6.69. The topological polar surface area (TPSA) is 44.3 Å². The van der Waals surface area contributed by atoms with Crippen molar-refractivity contribution >= 4 is 49.1 Å². The van der Waals surface area contributed by atoms with Crippen LogP contribution in [0, 0.1) is 26.0 Å². The third-order valence-corrected chi connectivity index (χ3v) is 11.5. The molecule has 6 heteroatoms. The van der Waals surface area contributed by atoms with Crippen LogP contribution < -0.4 is 4.74 Å². The molecule has 266 valence electrons. The van der Waals surface area contributed by atoms with Crippen LogP contribution in [0.3, 0.4) is 0 Å². The van der Waals surface area contributed by atoms with Gasteiger partial charge in [-0.15, -0.1) is 29.7 Å². The summed E-state index contributed by atoms with van der Waals surface area (Å²) in [6.07, 6.45) is 1.88. The smallest absolute Gasteiger partial charge is 0.503 e. The fourth-order valence-corrected chi connectivity index (χ4v) is 8.84. The Morgan fingerprint density at radius 1 is 0.618 bits per heavy atom. The zero-order chi connectivity index (χ0) is 36.3. The largest absolute Gasteiger partial charge is 2.00 e. The Morgan fingerprint density at radius 3 is 2.09 bits per heavy atom. The first-order chi connectivity index (χ1) is 26.4. The molecule has 11 rings (SSSR count). The Labute approximate surface area is 333 Å². The van der Waals surface area contributed by atoms with E-state index in [2.05, 4.69) is 158 Å². The summed E-state index contributed by atoms with van der Waals surface area (Å²) in [5.41, 5.74) is 13.0. The maximum atomic E-state index is 6.69. The molecule has 0 aliphatic carbocycles. The van der Waals surface area contributed by atoms with Crippen LogP contribution in [-0.2, 0) is 26.5 Å². The molecule has 0 spiro atoms. The van der Waals surface area contributed by atoms with Gasteiger partial charge >= 0.3 is 21.1 Å². The zero-order valence-corrected chi connectivity index (χ0v) is 33.0. The molecule has 1 aliphatic rings. The molecule has 6 aromatic carbocycles. The molecular formula is C49H34N4OPt. The van der Waals surface area contributed by atoms with Crippen LogP contribution in [0.4, 0.5) is 0 Å².